The first kappa shape index (κ1) is 23.9. The van der Waals surface area contributed by atoms with Crippen LogP contribution < -0.4 is 5.43 Å². The van der Waals surface area contributed by atoms with Gasteiger partial charge in [0.25, 0.3) is 5.91 Å². The van der Waals surface area contributed by atoms with Gasteiger partial charge >= 0.3 is 52.1 Å². The minimum atomic E-state index is -4.86. The molecule has 2 heterocycles. The van der Waals surface area contributed by atoms with Crippen molar-refractivity contribution in [3.05, 3.63) is 0 Å². The third-order valence-corrected chi connectivity index (χ3v) is 4.09. The van der Waals surface area contributed by atoms with Gasteiger partial charge in [0.05, 0.1) is 6.04 Å². The number of amides is 4. The monoisotopic (exact) mass is 418 g/mol. The maximum atomic E-state index is 12.4. The second-order valence-electron chi connectivity index (χ2n) is 7.03. The van der Waals surface area contributed by atoms with Crippen molar-refractivity contribution >= 4 is 58.0 Å². The molecule has 0 aromatic heterocycles. The molecule has 14 heteroatoms. The molecular weight excluding hydrogens is 395 g/mol. The zero-order valence-electron chi connectivity index (χ0n) is 14.8. The standard InChI is InChI=1S/C13H22N4O8S.Na.H/c1-13(2,3)24-12(20)15(4)14-10(18)9-6-5-8-7-16(9)11(19)17(8)25-26(21,22)23;;/h8-9H,5-7H2,1-4H3,(H,14,18)(H,21,22,23);;/t8-,9+;;/m1../s1. The Balaban J connectivity index is 0.00000364. The Morgan fingerprint density at radius 2 is 1.89 bits per heavy atom. The summed E-state index contributed by atoms with van der Waals surface area (Å²) in [5.41, 5.74) is 1.59. The molecule has 2 aliphatic rings. The molecule has 2 bridgehead atoms. The first-order chi connectivity index (χ1) is 11.8. The third kappa shape index (κ3) is 6.19. The van der Waals surface area contributed by atoms with Crippen molar-refractivity contribution in [3.8, 4) is 0 Å². The van der Waals surface area contributed by atoms with E-state index in [1.165, 1.54) is 7.05 Å². The quantitative estimate of drug-likeness (QED) is 0.345. The van der Waals surface area contributed by atoms with E-state index in [1.807, 2.05) is 0 Å². The van der Waals surface area contributed by atoms with Crippen LogP contribution in [0.15, 0.2) is 0 Å². The van der Waals surface area contributed by atoms with Crippen LogP contribution in [0.4, 0.5) is 9.59 Å². The SMILES string of the molecule is CN(NC(=O)[C@@H]1CC[C@@H]2CN1C(=O)N2OS(=O)(=O)O)C(=O)OC(C)(C)C.[NaH]. The molecule has 0 unspecified atom stereocenters. The van der Waals surface area contributed by atoms with E-state index in [2.05, 4.69) is 9.71 Å². The Labute approximate surface area is 179 Å². The van der Waals surface area contributed by atoms with Crippen molar-refractivity contribution in [2.45, 2.75) is 51.3 Å². The van der Waals surface area contributed by atoms with Crippen LogP contribution in [-0.2, 0) is 24.2 Å². The van der Waals surface area contributed by atoms with Crippen molar-refractivity contribution in [1.82, 2.24) is 20.4 Å². The van der Waals surface area contributed by atoms with Crippen molar-refractivity contribution in [2.24, 2.45) is 0 Å². The predicted molar refractivity (Wildman–Crippen MR) is 92.7 cm³/mol. The Morgan fingerprint density at radius 1 is 1.30 bits per heavy atom. The molecule has 2 N–H and O–H groups in total. The van der Waals surface area contributed by atoms with E-state index in [0.29, 0.717) is 5.06 Å². The third-order valence-electron chi connectivity index (χ3n) is 3.75. The summed E-state index contributed by atoms with van der Waals surface area (Å²) in [6.45, 7) is 5.08. The van der Waals surface area contributed by atoms with Gasteiger partial charge in [-0.15, -0.1) is 4.28 Å². The molecule has 0 aliphatic carbocycles. The van der Waals surface area contributed by atoms with Crippen molar-refractivity contribution in [2.75, 3.05) is 13.6 Å². The molecule has 27 heavy (non-hydrogen) atoms. The molecule has 2 atom stereocenters. The second-order valence-corrected chi connectivity index (χ2v) is 8.03. The number of piperidine rings is 1. The number of urea groups is 1. The van der Waals surface area contributed by atoms with Crippen LogP contribution in [0.2, 0.25) is 0 Å². The summed E-state index contributed by atoms with van der Waals surface area (Å²) in [5.74, 6) is -0.626. The Hall–Kier alpha value is -1.12. The van der Waals surface area contributed by atoms with Gasteiger partial charge in [-0.1, -0.05) is 0 Å². The number of hydrogen-bond donors (Lipinski definition) is 2. The number of hydrogen-bond acceptors (Lipinski definition) is 7. The van der Waals surface area contributed by atoms with Crippen LogP contribution in [0.1, 0.15) is 33.6 Å². The number of nitrogens with zero attached hydrogens (tertiary/aromatic N) is 3. The van der Waals surface area contributed by atoms with Gasteiger partial charge < -0.3 is 9.64 Å². The van der Waals surface area contributed by atoms with E-state index < -0.39 is 46.1 Å². The van der Waals surface area contributed by atoms with Crippen LogP contribution in [0.25, 0.3) is 0 Å². The van der Waals surface area contributed by atoms with E-state index >= 15 is 0 Å². The maximum absolute atomic E-state index is 12.4. The molecule has 150 valence electrons. The number of hydroxylamine groups is 2. The number of nitrogens with one attached hydrogen (secondary N) is 1. The van der Waals surface area contributed by atoms with E-state index in [-0.39, 0.29) is 48.9 Å². The van der Waals surface area contributed by atoms with Crippen LogP contribution in [0, 0.1) is 0 Å². The summed E-state index contributed by atoms with van der Waals surface area (Å²) in [6.07, 6.45) is -0.259. The van der Waals surface area contributed by atoms with Crippen LogP contribution in [0.3, 0.4) is 0 Å². The summed E-state index contributed by atoms with van der Waals surface area (Å²) in [7, 11) is -3.55. The average Bonchev–Trinajstić information content (AvgIpc) is 2.69. The molecule has 0 saturated carbocycles. The van der Waals surface area contributed by atoms with Gasteiger partial charge in [-0.2, -0.15) is 13.5 Å². The number of hydrazine groups is 1. The van der Waals surface area contributed by atoms with Crippen LogP contribution in [-0.4, -0.2) is 107 Å². The van der Waals surface area contributed by atoms with E-state index in [0.717, 1.165) is 9.91 Å². The molecule has 12 nitrogen and oxygen atoms in total. The van der Waals surface area contributed by atoms with E-state index in [4.69, 9.17) is 9.29 Å². The number of ether oxygens (including phenoxy) is 1. The molecule has 0 spiro atoms. The fourth-order valence-corrected chi connectivity index (χ4v) is 3.11. The van der Waals surface area contributed by atoms with Crippen molar-refractivity contribution in [3.63, 3.8) is 0 Å². The summed E-state index contributed by atoms with van der Waals surface area (Å²) in [4.78, 5) is 37.7. The van der Waals surface area contributed by atoms with Gasteiger partial charge in [0.2, 0.25) is 0 Å². The molecule has 2 rings (SSSR count). The molecule has 0 aromatic rings. The fraction of sp³-hybridized carbons (Fsp3) is 0.769. The van der Waals surface area contributed by atoms with E-state index in [9.17, 15) is 22.8 Å². The molecule has 4 amide bonds. The minimum absolute atomic E-state index is 0. The summed E-state index contributed by atoms with van der Waals surface area (Å²) < 4.78 is 39.9. The van der Waals surface area contributed by atoms with Gasteiger partial charge in [-0.25, -0.2) is 14.6 Å². The molecule has 2 aliphatic heterocycles. The van der Waals surface area contributed by atoms with Gasteiger partial charge in [-0.05, 0) is 33.6 Å². The Bertz CT molecular complexity index is 710. The summed E-state index contributed by atoms with van der Waals surface area (Å²) >= 11 is 0. The number of carbonyl (C=O) groups is 3. The molecule has 0 aromatic carbocycles. The zero-order chi connectivity index (χ0) is 19.9. The molecule has 2 saturated heterocycles. The van der Waals surface area contributed by atoms with Gasteiger partial charge in [0.1, 0.15) is 11.6 Å². The molecule has 0 radical (unpaired) electrons. The van der Waals surface area contributed by atoms with Crippen molar-refractivity contribution in [1.29, 1.82) is 0 Å². The van der Waals surface area contributed by atoms with Gasteiger partial charge in [0.15, 0.2) is 0 Å². The second kappa shape index (κ2) is 8.49. The number of rotatable bonds is 3. The normalized spacial score (nSPS) is 22.2. The van der Waals surface area contributed by atoms with Crippen molar-refractivity contribution < 1.29 is 36.4 Å². The number of carbonyl (C=O) groups excluding carboxylic acids is 3. The summed E-state index contributed by atoms with van der Waals surface area (Å²) in [5, 5.41) is 1.41. The predicted octanol–water partition coefficient (Wildman–Crippen LogP) is -0.761. The van der Waals surface area contributed by atoms with E-state index in [1.54, 1.807) is 20.8 Å². The molecular formula is C13H23N4NaO8S. The molecule has 2 fully saturated rings. The average molecular weight is 418 g/mol. The first-order valence-corrected chi connectivity index (χ1v) is 9.19. The number of fused-ring (bicyclic) bond motifs is 2. The van der Waals surface area contributed by atoms with Crippen LogP contribution in [0.5, 0.6) is 0 Å². The topological polar surface area (TPSA) is 146 Å². The van der Waals surface area contributed by atoms with Gasteiger partial charge in [0, 0.05) is 13.6 Å². The Kier molecular flexibility index (Phi) is 7.52. The first-order valence-electron chi connectivity index (χ1n) is 7.82. The van der Waals surface area contributed by atoms with Crippen LogP contribution >= 0.6 is 0 Å². The fourth-order valence-electron chi connectivity index (χ4n) is 2.72. The summed E-state index contributed by atoms with van der Waals surface area (Å²) in [6, 6.07) is -2.37. The van der Waals surface area contributed by atoms with Gasteiger partial charge in [-0.3, -0.25) is 14.8 Å². The zero-order valence-corrected chi connectivity index (χ0v) is 15.6. The Morgan fingerprint density at radius 3 is 2.41 bits per heavy atom.